The van der Waals surface area contributed by atoms with Crippen LogP contribution in [0.3, 0.4) is 0 Å². The quantitative estimate of drug-likeness (QED) is 0.646. The van der Waals surface area contributed by atoms with Gasteiger partial charge in [-0.2, -0.15) is 0 Å². The molecule has 2 aromatic rings. The number of imidazole rings is 1. The van der Waals surface area contributed by atoms with E-state index >= 15 is 0 Å². The van der Waals surface area contributed by atoms with E-state index in [1.54, 1.807) is 0 Å². The second kappa shape index (κ2) is 4.44. The Labute approximate surface area is 109 Å². The summed E-state index contributed by atoms with van der Waals surface area (Å²) in [6.07, 6.45) is 2.28. The van der Waals surface area contributed by atoms with Gasteiger partial charge in [-0.25, -0.2) is 4.98 Å². The van der Waals surface area contributed by atoms with Crippen molar-refractivity contribution in [3.05, 3.63) is 38.1 Å². The normalized spacial score (nSPS) is 10.3. The monoisotopic (exact) mass is 376 g/mol. The minimum atomic E-state index is 0.487. The number of halogens is 2. The number of aromatic nitrogens is 2. The molecule has 0 saturated heterocycles. The van der Waals surface area contributed by atoms with Crippen molar-refractivity contribution in [3.8, 4) is 11.4 Å². The molecular weight excluding hydrogens is 371 g/mol. The van der Waals surface area contributed by atoms with Crippen LogP contribution in [0.1, 0.15) is 10.5 Å². The zero-order valence-electron chi connectivity index (χ0n) is 7.50. The van der Waals surface area contributed by atoms with Gasteiger partial charge < -0.3 is 4.98 Å². The predicted molar refractivity (Wildman–Crippen MR) is 69.8 cm³/mol. The SMILES string of the molecule is O=Cc1cnc(-c2cc(Br)ccc2I)[nH]1. The first-order valence-corrected chi connectivity index (χ1v) is 6.03. The van der Waals surface area contributed by atoms with E-state index < -0.39 is 0 Å². The van der Waals surface area contributed by atoms with Crippen molar-refractivity contribution in [3.63, 3.8) is 0 Å². The Morgan fingerprint density at radius 1 is 1.47 bits per heavy atom. The fourth-order valence-corrected chi connectivity index (χ4v) is 2.16. The molecule has 2 rings (SSSR count). The van der Waals surface area contributed by atoms with Crippen molar-refractivity contribution in [2.24, 2.45) is 0 Å². The van der Waals surface area contributed by atoms with E-state index in [9.17, 15) is 4.79 Å². The highest BCUT2D eigenvalue weighted by Gasteiger charge is 2.07. The smallest absolute Gasteiger partial charge is 0.167 e. The molecule has 3 nitrogen and oxygen atoms in total. The third-order valence-corrected chi connectivity index (χ3v) is 3.34. The summed E-state index contributed by atoms with van der Waals surface area (Å²) < 4.78 is 2.07. The molecule has 0 atom stereocenters. The van der Waals surface area contributed by atoms with Crippen LogP contribution >= 0.6 is 38.5 Å². The standard InChI is InChI=1S/C10H6BrIN2O/c11-6-1-2-9(12)8(3-6)10-13-4-7(5-15)14-10/h1-5H,(H,13,14). The largest absolute Gasteiger partial charge is 0.336 e. The molecule has 1 heterocycles. The number of hydrogen-bond acceptors (Lipinski definition) is 2. The fraction of sp³-hybridized carbons (Fsp3) is 0. The third kappa shape index (κ3) is 2.28. The topological polar surface area (TPSA) is 45.8 Å². The molecule has 0 aliphatic carbocycles. The maximum atomic E-state index is 10.5. The van der Waals surface area contributed by atoms with E-state index in [2.05, 4.69) is 48.5 Å². The van der Waals surface area contributed by atoms with Crippen LogP contribution in [0.4, 0.5) is 0 Å². The first-order chi connectivity index (χ1) is 7.20. The number of aldehydes is 1. The number of H-pyrrole nitrogens is 1. The summed E-state index contributed by atoms with van der Waals surface area (Å²) in [6, 6.07) is 5.92. The van der Waals surface area contributed by atoms with Gasteiger partial charge in [-0.1, -0.05) is 15.9 Å². The third-order valence-electron chi connectivity index (χ3n) is 1.91. The van der Waals surface area contributed by atoms with Gasteiger partial charge in [-0.15, -0.1) is 0 Å². The van der Waals surface area contributed by atoms with E-state index in [0.29, 0.717) is 11.5 Å². The molecule has 0 bridgehead atoms. The average Bonchev–Trinajstić information content (AvgIpc) is 2.70. The maximum absolute atomic E-state index is 10.5. The number of carbonyl (C=O) groups excluding carboxylic acids is 1. The van der Waals surface area contributed by atoms with Crippen LogP contribution in [0.25, 0.3) is 11.4 Å². The molecule has 1 N–H and O–H groups in total. The second-order valence-corrected chi connectivity index (χ2v) is 5.01. The van der Waals surface area contributed by atoms with Crippen molar-refractivity contribution < 1.29 is 4.79 Å². The lowest BCUT2D eigenvalue weighted by Gasteiger charge is -2.01. The van der Waals surface area contributed by atoms with Gasteiger partial charge in [0.25, 0.3) is 0 Å². The molecule has 0 radical (unpaired) electrons. The zero-order valence-corrected chi connectivity index (χ0v) is 11.2. The fourth-order valence-electron chi connectivity index (χ4n) is 1.21. The van der Waals surface area contributed by atoms with Crippen molar-refractivity contribution in [2.45, 2.75) is 0 Å². The lowest BCUT2D eigenvalue weighted by atomic mass is 10.2. The molecular formula is C10H6BrIN2O. The molecule has 0 spiro atoms. The Kier molecular flexibility index (Phi) is 3.20. The van der Waals surface area contributed by atoms with Crippen molar-refractivity contribution in [2.75, 3.05) is 0 Å². The Morgan fingerprint density at radius 3 is 2.93 bits per heavy atom. The first-order valence-electron chi connectivity index (χ1n) is 4.16. The van der Waals surface area contributed by atoms with E-state index in [4.69, 9.17) is 0 Å². The molecule has 0 aliphatic heterocycles. The maximum Gasteiger partial charge on any atom is 0.167 e. The Bertz CT molecular complexity index is 510. The summed E-state index contributed by atoms with van der Waals surface area (Å²) in [7, 11) is 0. The highest BCUT2D eigenvalue weighted by atomic mass is 127. The van der Waals surface area contributed by atoms with E-state index in [0.717, 1.165) is 19.9 Å². The summed E-state index contributed by atoms with van der Waals surface area (Å²) in [5.41, 5.74) is 1.47. The molecule has 0 aliphatic rings. The van der Waals surface area contributed by atoms with Crippen LogP contribution in [0.15, 0.2) is 28.9 Å². The van der Waals surface area contributed by atoms with Crippen molar-refractivity contribution in [1.82, 2.24) is 9.97 Å². The Morgan fingerprint density at radius 2 is 2.27 bits per heavy atom. The van der Waals surface area contributed by atoms with Gasteiger partial charge in [-0.3, -0.25) is 4.79 Å². The van der Waals surface area contributed by atoms with Gasteiger partial charge >= 0.3 is 0 Å². The predicted octanol–water partition coefficient (Wildman–Crippen LogP) is 3.26. The van der Waals surface area contributed by atoms with Crippen LogP contribution in [0.2, 0.25) is 0 Å². The van der Waals surface area contributed by atoms with Crippen molar-refractivity contribution in [1.29, 1.82) is 0 Å². The first kappa shape index (κ1) is 10.8. The van der Waals surface area contributed by atoms with Crippen LogP contribution in [-0.4, -0.2) is 16.3 Å². The van der Waals surface area contributed by atoms with Crippen LogP contribution < -0.4 is 0 Å². The molecule has 5 heteroatoms. The zero-order chi connectivity index (χ0) is 10.8. The van der Waals surface area contributed by atoms with Crippen molar-refractivity contribution >= 4 is 44.8 Å². The van der Waals surface area contributed by atoms with Gasteiger partial charge in [-0.05, 0) is 40.8 Å². The molecule has 0 unspecified atom stereocenters. The molecule has 0 fully saturated rings. The van der Waals surface area contributed by atoms with Crippen LogP contribution in [0.5, 0.6) is 0 Å². The molecule has 76 valence electrons. The number of benzene rings is 1. The number of aromatic amines is 1. The summed E-state index contributed by atoms with van der Waals surface area (Å²) in [5, 5.41) is 0. The molecule has 15 heavy (non-hydrogen) atoms. The lowest BCUT2D eigenvalue weighted by Crippen LogP contribution is -1.86. The number of carbonyl (C=O) groups is 1. The number of hydrogen-bond donors (Lipinski definition) is 1. The Balaban J connectivity index is 2.52. The number of rotatable bonds is 2. The highest BCUT2D eigenvalue weighted by Crippen LogP contribution is 2.26. The van der Waals surface area contributed by atoms with Gasteiger partial charge in [0.05, 0.1) is 11.9 Å². The molecule has 1 aromatic heterocycles. The van der Waals surface area contributed by atoms with Crippen LogP contribution in [-0.2, 0) is 0 Å². The average molecular weight is 377 g/mol. The summed E-state index contributed by atoms with van der Waals surface area (Å²) in [6.45, 7) is 0. The minimum absolute atomic E-state index is 0.487. The number of nitrogens with zero attached hydrogens (tertiary/aromatic N) is 1. The number of nitrogens with one attached hydrogen (secondary N) is 1. The Hall–Kier alpha value is -0.690. The van der Waals surface area contributed by atoms with Gasteiger partial charge in [0.1, 0.15) is 5.82 Å². The molecule has 0 amide bonds. The summed E-state index contributed by atoms with van der Waals surface area (Å²) >= 11 is 5.64. The molecule has 1 aromatic carbocycles. The second-order valence-electron chi connectivity index (χ2n) is 2.93. The minimum Gasteiger partial charge on any atom is -0.336 e. The highest BCUT2D eigenvalue weighted by molar-refractivity contribution is 14.1. The van der Waals surface area contributed by atoms with Gasteiger partial charge in [0.15, 0.2) is 6.29 Å². The van der Waals surface area contributed by atoms with E-state index in [-0.39, 0.29) is 0 Å². The van der Waals surface area contributed by atoms with Gasteiger partial charge in [0.2, 0.25) is 0 Å². The summed E-state index contributed by atoms with van der Waals surface area (Å²) in [4.78, 5) is 17.6. The summed E-state index contributed by atoms with van der Waals surface area (Å²) in [5.74, 6) is 0.711. The van der Waals surface area contributed by atoms with Gasteiger partial charge in [0, 0.05) is 13.6 Å². The molecule has 0 saturated carbocycles. The van der Waals surface area contributed by atoms with E-state index in [1.807, 2.05) is 18.2 Å². The van der Waals surface area contributed by atoms with E-state index in [1.165, 1.54) is 6.20 Å². The van der Waals surface area contributed by atoms with Crippen LogP contribution in [0, 0.1) is 3.57 Å². The lowest BCUT2D eigenvalue weighted by molar-refractivity contribution is 0.111.